The van der Waals surface area contributed by atoms with Gasteiger partial charge in [-0.05, 0) is 31.3 Å². The smallest absolute Gasteiger partial charge is 0.261 e. The highest BCUT2D eigenvalue weighted by Gasteiger charge is 2.18. The first-order valence-corrected chi connectivity index (χ1v) is 10.6. The number of hydrogen-bond donors (Lipinski definition) is 1. The first-order valence-electron chi connectivity index (χ1n) is 9.80. The molecule has 4 rings (SSSR count). The molecule has 3 aromatic rings. The van der Waals surface area contributed by atoms with Gasteiger partial charge in [0.1, 0.15) is 12.4 Å². The van der Waals surface area contributed by atoms with Gasteiger partial charge < -0.3 is 15.1 Å². The number of nitrogens with zero attached hydrogens (tertiary/aromatic N) is 5. The number of fused-ring (bicyclic) bond motifs is 1. The van der Waals surface area contributed by atoms with Crippen LogP contribution in [-0.2, 0) is 17.9 Å². The van der Waals surface area contributed by atoms with Crippen molar-refractivity contribution < 1.29 is 4.79 Å². The van der Waals surface area contributed by atoms with Gasteiger partial charge in [-0.25, -0.2) is 9.97 Å². The van der Waals surface area contributed by atoms with Gasteiger partial charge in [0.15, 0.2) is 0 Å². The molecule has 1 N–H and O–H groups in total. The number of amides is 1. The van der Waals surface area contributed by atoms with Crippen molar-refractivity contribution in [3.8, 4) is 0 Å². The third-order valence-electron chi connectivity index (χ3n) is 5.25. The fourth-order valence-corrected chi connectivity index (χ4v) is 3.88. The lowest BCUT2D eigenvalue weighted by molar-refractivity contribution is -0.121. The maximum absolute atomic E-state index is 12.7. The number of carbonyl (C=O) groups is 1. The Morgan fingerprint density at radius 2 is 1.97 bits per heavy atom. The van der Waals surface area contributed by atoms with Crippen LogP contribution in [0, 0.1) is 0 Å². The second-order valence-electron chi connectivity index (χ2n) is 7.39. The summed E-state index contributed by atoms with van der Waals surface area (Å²) in [5.74, 6) is 0.654. The van der Waals surface area contributed by atoms with Crippen LogP contribution in [-0.4, -0.2) is 58.6 Å². The monoisotopic (exact) mass is 470 g/mol. The molecule has 0 aliphatic carbocycles. The normalized spacial score (nSPS) is 14.8. The second kappa shape index (κ2) is 8.93. The average molecular weight is 471 g/mol. The summed E-state index contributed by atoms with van der Waals surface area (Å²) in [7, 11) is 2.11. The molecular formula is C21H23BrN6O2. The van der Waals surface area contributed by atoms with Gasteiger partial charge in [-0.3, -0.25) is 14.2 Å². The van der Waals surface area contributed by atoms with Crippen molar-refractivity contribution in [3.63, 3.8) is 0 Å². The van der Waals surface area contributed by atoms with Crippen molar-refractivity contribution in [3.05, 3.63) is 63.2 Å². The number of likely N-dealkylation sites (N-methyl/N-ethyl adjacent to an activating group) is 1. The maximum atomic E-state index is 12.7. The molecule has 0 saturated carbocycles. The zero-order valence-corrected chi connectivity index (χ0v) is 18.3. The summed E-state index contributed by atoms with van der Waals surface area (Å²) in [5, 5.41) is 3.39. The summed E-state index contributed by atoms with van der Waals surface area (Å²) < 4.78 is 2.12. The molecule has 0 bridgehead atoms. The summed E-state index contributed by atoms with van der Waals surface area (Å²) in [6, 6.07) is 9.17. The van der Waals surface area contributed by atoms with Crippen LogP contribution in [0.3, 0.4) is 0 Å². The topological polar surface area (TPSA) is 83.4 Å². The molecule has 1 aliphatic rings. The van der Waals surface area contributed by atoms with E-state index in [0.717, 1.165) is 42.0 Å². The molecule has 9 heteroatoms. The second-order valence-corrected chi connectivity index (χ2v) is 8.31. The molecule has 1 aliphatic heterocycles. The Labute approximate surface area is 182 Å². The number of anilines is 1. The molecule has 1 saturated heterocycles. The molecule has 2 aromatic heterocycles. The average Bonchev–Trinajstić information content (AvgIpc) is 2.75. The molecule has 30 heavy (non-hydrogen) atoms. The summed E-state index contributed by atoms with van der Waals surface area (Å²) in [6.07, 6.45) is 3.19. The minimum atomic E-state index is -0.249. The maximum Gasteiger partial charge on any atom is 0.261 e. The first kappa shape index (κ1) is 20.5. The van der Waals surface area contributed by atoms with Crippen molar-refractivity contribution in [2.24, 2.45) is 0 Å². The van der Waals surface area contributed by atoms with E-state index in [0.29, 0.717) is 17.4 Å². The van der Waals surface area contributed by atoms with Crippen LogP contribution in [0.15, 0.2) is 52.1 Å². The molecule has 3 heterocycles. The van der Waals surface area contributed by atoms with E-state index in [1.165, 1.54) is 10.9 Å². The quantitative estimate of drug-likeness (QED) is 0.609. The minimum Gasteiger partial charge on any atom is -0.354 e. The lowest BCUT2D eigenvalue weighted by Gasteiger charge is -2.34. The first-order chi connectivity index (χ1) is 14.5. The summed E-state index contributed by atoms with van der Waals surface area (Å²) in [6.45, 7) is 4.05. The van der Waals surface area contributed by atoms with Gasteiger partial charge in [-0.15, -0.1) is 0 Å². The highest BCUT2D eigenvalue weighted by atomic mass is 79.9. The van der Waals surface area contributed by atoms with Crippen molar-refractivity contribution in [2.75, 3.05) is 38.1 Å². The molecule has 0 atom stereocenters. The number of pyridine rings is 1. The Kier molecular flexibility index (Phi) is 6.10. The van der Waals surface area contributed by atoms with Crippen LogP contribution in [0.25, 0.3) is 10.9 Å². The zero-order chi connectivity index (χ0) is 21.1. The van der Waals surface area contributed by atoms with Crippen molar-refractivity contribution in [1.29, 1.82) is 0 Å². The number of rotatable bonds is 5. The van der Waals surface area contributed by atoms with Gasteiger partial charge in [0, 0.05) is 49.0 Å². The minimum absolute atomic E-state index is 0.0849. The summed E-state index contributed by atoms with van der Waals surface area (Å²) >= 11 is 3.37. The number of hydrogen-bond acceptors (Lipinski definition) is 6. The van der Waals surface area contributed by atoms with Crippen LogP contribution in [0.2, 0.25) is 0 Å². The third-order valence-corrected chi connectivity index (χ3v) is 5.74. The molecule has 0 spiro atoms. The standard InChI is InChI=1S/C21H23BrN6O2/c1-26-7-9-27(10-8-26)20-15(3-2-6-23-20)12-24-19(29)13-28-14-25-18-5-4-16(22)11-17(18)21(28)30/h2-6,11,14H,7-10,12-13H2,1H3,(H,24,29). The van der Waals surface area contributed by atoms with Crippen LogP contribution >= 0.6 is 15.9 Å². The van der Waals surface area contributed by atoms with E-state index < -0.39 is 0 Å². The Morgan fingerprint density at radius 3 is 2.77 bits per heavy atom. The summed E-state index contributed by atoms with van der Waals surface area (Å²) in [5.41, 5.74) is 1.33. The van der Waals surface area contributed by atoms with Gasteiger partial charge in [0.25, 0.3) is 5.56 Å². The predicted octanol–water partition coefficient (Wildman–Crippen LogP) is 1.62. The highest BCUT2D eigenvalue weighted by molar-refractivity contribution is 9.10. The van der Waals surface area contributed by atoms with E-state index in [2.05, 4.69) is 48.1 Å². The number of carbonyl (C=O) groups excluding carboxylic acids is 1. The Bertz CT molecular complexity index is 1120. The van der Waals surface area contributed by atoms with Crippen LogP contribution in [0.5, 0.6) is 0 Å². The molecule has 1 amide bonds. The molecule has 1 aromatic carbocycles. The van der Waals surface area contributed by atoms with E-state index >= 15 is 0 Å². The van der Waals surface area contributed by atoms with E-state index in [9.17, 15) is 9.59 Å². The predicted molar refractivity (Wildman–Crippen MR) is 119 cm³/mol. The lowest BCUT2D eigenvalue weighted by Crippen LogP contribution is -2.45. The van der Waals surface area contributed by atoms with Gasteiger partial charge in [-0.1, -0.05) is 22.0 Å². The molecule has 0 radical (unpaired) electrons. The van der Waals surface area contributed by atoms with Crippen molar-refractivity contribution in [1.82, 2.24) is 24.8 Å². The molecular weight excluding hydrogens is 448 g/mol. The number of halogens is 1. The SMILES string of the molecule is CN1CCN(c2ncccc2CNC(=O)Cn2cnc3ccc(Br)cc3c2=O)CC1. The van der Waals surface area contributed by atoms with Gasteiger partial charge in [0.2, 0.25) is 5.91 Å². The lowest BCUT2D eigenvalue weighted by atomic mass is 10.2. The number of aromatic nitrogens is 3. The number of nitrogens with one attached hydrogen (secondary N) is 1. The third kappa shape index (κ3) is 4.52. The Hall–Kier alpha value is -2.78. The molecule has 1 fully saturated rings. The fraction of sp³-hybridized carbons (Fsp3) is 0.333. The van der Waals surface area contributed by atoms with Gasteiger partial charge in [-0.2, -0.15) is 0 Å². The Morgan fingerprint density at radius 1 is 1.17 bits per heavy atom. The fourth-order valence-electron chi connectivity index (χ4n) is 3.52. The van der Waals surface area contributed by atoms with Crippen molar-refractivity contribution in [2.45, 2.75) is 13.1 Å². The highest BCUT2D eigenvalue weighted by Crippen LogP contribution is 2.18. The van der Waals surface area contributed by atoms with Crippen LogP contribution in [0.4, 0.5) is 5.82 Å². The van der Waals surface area contributed by atoms with E-state index in [1.807, 2.05) is 18.2 Å². The largest absolute Gasteiger partial charge is 0.354 e. The number of piperazine rings is 1. The van der Waals surface area contributed by atoms with Gasteiger partial charge in [0.05, 0.1) is 17.2 Å². The number of benzene rings is 1. The molecule has 0 unspecified atom stereocenters. The molecule has 8 nitrogen and oxygen atoms in total. The zero-order valence-electron chi connectivity index (χ0n) is 16.7. The molecule has 156 valence electrons. The van der Waals surface area contributed by atoms with E-state index in [-0.39, 0.29) is 18.0 Å². The van der Waals surface area contributed by atoms with Gasteiger partial charge >= 0.3 is 0 Å². The summed E-state index contributed by atoms with van der Waals surface area (Å²) in [4.78, 5) is 38.5. The van der Waals surface area contributed by atoms with Crippen molar-refractivity contribution >= 4 is 38.6 Å². The van der Waals surface area contributed by atoms with E-state index in [4.69, 9.17) is 0 Å². The van der Waals surface area contributed by atoms with Crippen LogP contribution < -0.4 is 15.8 Å². The Balaban J connectivity index is 1.44. The van der Waals surface area contributed by atoms with Crippen LogP contribution in [0.1, 0.15) is 5.56 Å². The van der Waals surface area contributed by atoms with E-state index in [1.54, 1.807) is 18.3 Å².